The van der Waals surface area contributed by atoms with Gasteiger partial charge in [-0.25, -0.2) is 4.98 Å². The van der Waals surface area contributed by atoms with Crippen LogP contribution in [-0.2, 0) is 6.54 Å². The van der Waals surface area contributed by atoms with Gasteiger partial charge in [0.2, 0.25) is 0 Å². The Morgan fingerprint density at radius 3 is 2.94 bits per heavy atom. The minimum Gasteiger partial charge on any atom is -0.310 e. The van der Waals surface area contributed by atoms with Gasteiger partial charge >= 0.3 is 0 Å². The Labute approximate surface area is 94.5 Å². The predicted octanol–water partition coefficient (Wildman–Crippen LogP) is 1.15. The van der Waals surface area contributed by atoms with E-state index in [1.807, 2.05) is 0 Å². The van der Waals surface area contributed by atoms with Crippen molar-refractivity contribution >= 4 is 0 Å². The molecule has 1 aromatic rings. The first-order valence-electron chi connectivity index (χ1n) is 6.06. The van der Waals surface area contributed by atoms with E-state index < -0.39 is 0 Å². The molecule has 1 heterocycles. The molecule has 1 aromatic heterocycles. The summed E-state index contributed by atoms with van der Waals surface area (Å²) in [5.74, 6) is 2.04. The Hall–Kier alpha value is -1.16. The van der Waals surface area contributed by atoms with E-state index in [9.17, 15) is 4.79 Å². The highest BCUT2D eigenvalue weighted by Crippen LogP contribution is 2.44. The number of nitrogens with one attached hydrogen (secondary N) is 2. The van der Waals surface area contributed by atoms with Gasteiger partial charge in [-0.1, -0.05) is 6.92 Å². The number of H-pyrrole nitrogens is 1. The standard InChI is InChI=1S/C12H17N3O/c1-7-4-10(7)12-14-9(5-11(16)15-12)6-13-8-2-3-8/h5,7-8,10,13H,2-4,6H2,1H3,(H,14,15,16). The first-order valence-corrected chi connectivity index (χ1v) is 6.06. The molecule has 0 spiro atoms. The molecule has 2 aliphatic rings. The maximum absolute atomic E-state index is 11.5. The van der Waals surface area contributed by atoms with Crippen LogP contribution in [-0.4, -0.2) is 16.0 Å². The maximum Gasteiger partial charge on any atom is 0.251 e. The third-order valence-electron chi connectivity index (χ3n) is 3.42. The minimum absolute atomic E-state index is 0.0169. The summed E-state index contributed by atoms with van der Waals surface area (Å²) in [4.78, 5) is 18.9. The van der Waals surface area contributed by atoms with Crippen LogP contribution in [0.25, 0.3) is 0 Å². The van der Waals surface area contributed by atoms with Crippen molar-refractivity contribution in [2.45, 2.75) is 44.7 Å². The van der Waals surface area contributed by atoms with Gasteiger partial charge in [0.1, 0.15) is 5.82 Å². The first kappa shape index (κ1) is 10.0. The van der Waals surface area contributed by atoms with Crippen LogP contribution in [0.3, 0.4) is 0 Å². The lowest BCUT2D eigenvalue weighted by Crippen LogP contribution is -2.20. The molecule has 2 saturated carbocycles. The molecule has 2 aliphatic carbocycles. The lowest BCUT2D eigenvalue weighted by atomic mass is 10.3. The first-order chi connectivity index (χ1) is 7.72. The molecule has 2 fully saturated rings. The molecular formula is C12H17N3O. The smallest absolute Gasteiger partial charge is 0.251 e. The summed E-state index contributed by atoms with van der Waals surface area (Å²) in [5, 5.41) is 3.38. The minimum atomic E-state index is -0.0169. The van der Waals surface area contributed by atoms with Crippen LogP contribution in [0.15, 0.2) is 10.9 Å². The Kier molecular flexibility index (Phi) is 2.32. The van der Waals surface area contributed by atoms with Crippen LogP contribution in [0.1, 0.15) is 43.6 Å². The molecule has 0 aliphatic heterocycles. The molecule has 2 N–H and O–H groups in total. The van der Waals surface area contributed by atoms with E-state index in [2.05, 4.69) is 22.2 Å². The van der Waals surface area contributed by atoms with Crippen LogP contribution in [0.5, 0.6) is 0 Å². The molecule has 0 saturated heterocycles. The largest absolute Gasteiger partial charge is 0.310 e. The predicted molar refractivity (Wildman–Crippen MR) is 61.2 cm³/mol. The van der Waals surface area contributed by atoms with Gasteiger partial charge in [-0.05, 0) is 25.2 Å². The van der Waals surface area contributed by atoms with Gasteiger partial charge in [-0.15, -0.1) is 0 Å². The van der Waals surface area contributed by atoms with E-state index in [1.54, 1.807) is 6.07 Å². The summed E-state index contributed by atoms with van der Waals surface area (Å²) >= 11 is 0. The molecule has 4 nitrogen and oxygen atoms in total. The second-order valence-corrected chi connectivity index (χ2v) is 5.10. The van der Waals surface area contributed by atoms with Crippen LogP contribution in [0.4, 0.5) is 0 Å². The SMILES string of the molecule is CC1CC1c1nc(CNC2CC2)cc(=O)[nH]1. The van der Waals surface area contributed by atoms with E-state index in [0.29, 0.717) is 17.9 Å². The Bertz CT molecular complexity index is 450. The molecule has 0 amide bonds. The van der Waals surface area contributed by atoms with Crippen molar-refractivity contribution in [1.29, 1.82) is 0 Å². The highest BCUT2D eigenvalue weighted by Gasteiger charge is 2.36. The summed E-state index contributed by atoms with van der Waals surface area (Å²) in [6, 6.07) is 2.26. The fraction of sp³-hybridized carbons (Fsp3) is 0.667. The fourth-order valence-corrected chi connectivity index (χ4v) is 2.03. The Balaban J connectivity index is 1.75. The molecule has 3 rings (SSSR count). The summed E-state index contributed by atoms with van der Waals surface area (Å²) < 4.78 is 0. The summed E-state index contributed by atoms with van der Waals surface area (Å²) in [7, 11) is 0. The second kappa shape index (κ2) is 3.70. The second-order valence-electron chi connectivity index (χ2n) is 5.10. The lowest BCUT2D eigenvalue weighted by Gasteiger charge is -2.04. The average molecular weight is 219 g/mol. The van der Waals surface area contributed by atoms with Gasteiger partial charge in [-0.3, -0.25) is 4.79 Å². The topological polar surface area (TPSA) is 57.8 Å². The lowest BCUT2D eigenvalue weighted by molar-refractivity contribution is 0.664. The number of aromatic amines is 1. The molecular weight excluding hydrogens is 202 g/mol. The maximum atomic E-state index is 11.5. The van der Waals surface area contributed by atoms with Crippen LogP contribution < -0.4 is 10.9 Å². The van der Waals surface area contributed by atoms with E-state index in [0.717, 1.165) is 24.5 Å². The molecule has 0 bridgehead atoms. The summed E-state index contributed by atoms with van der Waals surface area (Å²) in [6.45, 7) is 2.92. The zero-order valence-electron chi connectivity index (χ0n) is 9.49. The third-order valence-corrected chi connectivity index (χ3v) is 3.42. The van der Waals surface area contributed by atoms with E-state index in [1.165, 1.54) is 12.8 Å². The Morgan fingerprint density at radius 2 is 2.31 bits per heavy atom. The summed E-state index contributed by atoms with van der Waals surface area (Å²) in [5.41, 5.74) is 0.862. The van der Waals surface area contributed by atoms with Gasteiger partial charge in [0.05, 0.1) is 5.69 Å². The third kappa shape index (κ3) is 2.16. The van der Waals surface area contributed by atoms with Crippen molar-refractivity contribution in [2.75, 3.05) is 0 Å². The van der Waals surface area contributed by atoms with Gasteiger partial charge < -0.3 is 10.3 Å². The monoisotopic (exact) mass is 219 g/mol. The highest BCUT2D eigenvalue weighted by molar-refractivity contribution is 5.12. The average Bonchev–Trinajstić information content (AvgIpc) is 3.10. The molecule has 0 radical (unpaired) electrons. The molecule has 0 aromatic carbocycles. The van der Waals surface area contributed by atoms with Crippen molar-refractivity contribution in [2.24, 2.45) is 5.92 Å². The van der Waals surface area contributed by atoms with Crippen molar-refractivity contribution in [3.8, 4) is 0 Å². The van der Waals surface area contributed by atoms with E-state index in [-0.39, 0.29) is 5.56 Å². The molecule has 86 valence electrons. The number of rotatable bonds is 4. The molecule has 16 heavy (non-hydrogen) atoms. The van der Waals surface area contributed by atoms with Gasteiger partial charge in [0.15, 0.2) is 0 Å². The number of hydrogen-bond donors (Lipinski definition) is 2. The highest BCUT2D eigenvalue weighted by atomic mass is 16.1. The van der Waals surface area contributed by atoms with Gasteiger partial charge in [0.25, 0.3) is 5.56 Å². The van der Waals surface area contributed by atoms with Crippen molar-refractivity contribution in [1.82, 2.24) is 15.3 Å². The van der Waals surface area contributed by atoms with E-state index >= 15 is 0 Å². The zero-order chi connectivity index (χ0) is 11.1. The van der Waals surface area contributed by atoms with Crippen molar-refractivity contribution < 1.29 is 0 Å². The molecule has 4 heteroatoms. The van der Waals surface area contributed by atoms with E-state index in [4.69, 9.17) is 0 Å². The van der Waals surface area contributed by atoms with Gasteiger partial charge in [0, 0.05) is 24.6 Å². The normalized spacial score (nSPS) is 28.1. The number of hydrogen-bond acceptors (Lipinski definition) is 3. The van der Waals surface area contributed by atoms with Crippen LogP contribution in [0, 0.1) is 5.92 Å². The molecule has 2 atom stereocenters. The fourth-order valence-electron chi connectivity index (χ4n) is 2.03. The van der Waals surface area contributed by atoms with Gasteiger partial charge in [-0.2, -0.15) is 0 Å². The quantitative estimate of drug-likeness (QED) is 0.798. The van der Waals surface area contributed by atoms with Crippen LogP contribution in [0.2, 0.25) is 0 Å². The van der Waals surface area contributed by atoms with Crippen molar-refractivity contribution in [3.63, 3.8) is 0 Å². The Morgan fingerprint density at radius 1 is 1.56 bits per heavy atom. The number of aromatic nitrogens is 2. The summed E-state index contributed by atoms with van der Waals surface area (Å²) in [6.07, 6.45) is 3.67. The molecule has 2 unspecified atom stereocenters. The van der Waals surface area contributed by atoms with Crippen LogP contribution >= 0.6 is 0 Å². The van der Waals surface area contributed by atoms with Crippen molar-refractivity contribution in [3.05, 3.63) is 27.9 Å². The zero-order valence-corrected chi connectivity index (χ0v) is 9.49. The number of nitrogens with zero attached hydrogens (tertiary/aromatic N) is 1.